The molecule has 0 unspecified atom stereocenters. The van der Waals surface area contributed by atoms with E-state index in [1.807, 2.05) is 67.6 Å². The Bertz CT molecular complexity index is 1380. The highest BCUT2D eigenvalue weighted by molar-refractivity contribution is 6.07. The van der Waals surface area contributed by atoms with Crippen LogP contribution in [0.3, 0.4) is 0 Å². The van der Waals surface area contributed by atoms with Gasteiger partial charge in [-0.25, -0.2) is 9.69 Å². The summed E-state index contributed by atoms with van der Waals surface area (Å²) in [5.41, 5.74) is 1.86. The van der Waals surface area contributed by atoms with Crippen molar-refractivity contribution in [3.63, 3.8) is 0 Å². The molecule has 2 aromatic rings. The van der Waals surface area contributed by atoms with E-state index in [4.69, 9.17) is 18.9 Å². The molecule has 262 valence electrons. The van der Waals surface area contributed by atoms with Gasteiger partial charge < -0.3 is 24.1 Å². The van der Waals surface area contributed by atoms with Gasteiger partial charge in [0.2, 0.25) is 5.91 Å². The van der Waals surface area contributed by atoms with Gasteiger partial charge in [-0.2, -0.15) is 0 Å². The standard InChI is InChI=1S/C39H53NO8/c1-9-13-23(2)35-28(7)36(48-38(47-35)30-16-18-32(45-8)19-17-30)25(4)20-24(3)33(41)26(5)34(42)27(6)37(43)40-31(22-46-39(40)44)21-29-14-11-10-12-15-29/h9-12,14-19,23-28,31,33,35-36,38,41H,1,13,20-22H2,2-8H3/t23-,24-,25+,26+,27+,28+,31+,33-,35-,36-,38-/m0/s1. The summed E-state index contributed by atoms with van der Waals surface area (Å²) in [6, 6.07) is 16.7. The van der Waals surface area contributed by atoms with E-state index in [-0.39, 0.29) is 42.5 Å². The molecule has 2 aliphatic heterocycles. The molecule has 2 aliphatic rings. The minimum absolute atomic E-state index is 0.0206. The van der Waals surface area contributed by atoms with E-state index in [0.29, 0.717) is 12.8 Å². The molecule has 1 N–H and O–H groups in total. The van der Waals surface area contributed by atoms with Gasteiger partial charge in [-0.15, -0.1) is 6.58 Å². The maximum Gasteiger partial charge on any atom is 0.417 e. The molecule has 0 aromatic heterocycles. The maximum absolute atomic E-state index is 13.6. The summed E-state index contributed by atoms with van der Waals surface area (Å²) in [6.07, 6.45) is 1.19. The maximum atomic E-state index is 13.6. The van der Waals surface area contributed by atoms with Gasteiger partial charge in [-0.3, -0.25) is 9.59 Å². The molecule has 9 heteroatoms. The smallest absolute Gasteiger partial charge is 0.417 e. The van der Waals surface area contributed by atoms with Crippen LogP contribution in [0.4, 0.5) is 4.79 Å². The molecule has 0 bridgehead atoms. The summed E-state index contributed by atoms with van der Waals surface area (Å²) >= 11 is 0. The summed E-state index contributed by atoms with van der Waals surface area (Å²) in [6.45, 7) is 15.5. The fraction of sp³-hybridized carbons (Fsp3) is 0.564. The SMILES string of the molecule is C=CC[C@H](C)[C@@H]1O[C@H](c2ccc(OC)cc2)O[C@@H]([C@H](C)C[C@H](C)[C@H](O)[C@@H](C)C(=O)[C@@H](C)C(=O)N2C(=O)OC[C@H]2Cc2ccccc2)[C@@H]1C. The predicted octanol–water partition coefficient (Wildman–Crippen LogP) is 6.78. The van der Waals surface area contributed by atoms with Crippen molar-refractivity contribution >= 4 is 17.8 Å². The topological polar surface area (TPSA) is 112 Å². The number of nitrogens with zero attached hydrogens (tertiary/aromatic N) is 1. The number of carbonyl (C=O) groups excluding carboxylic acids is 3. The van der Waals surface area contributed by atoms with Gasteiger partial charge in [0.1, 0.15) is 18.1 Å². The number of amides is 2. The van der Waals surface area contributed by atoms with Crippen LogP contribution in [0.15, 0.2) is 67.3 Å². The van der Waals surface area contributed by atoms with Crippen LogP contribution in [0.5, 0.6) is 5.75 Å². The highest BCUT2D eigenvalue weighted by Gasteiger charge is 2.45. The molecule has 0 aliphatic carbocycles. The van der Waals surface area contributed by atoms with Crippen molar-refractivity contribution in [3.05, 3.63) is 78.4 Å². The molecule has 0 spiro atoms. The van der Waals surface area contributed by atoms with Gasteiger partial charge in [0.05, 0.1) is 37.4 Å². The first-order chi connectivity index (χ1) is 22.9. The van der Waals surface area contributed by atoms with E-state index in [1.165, 1.54) is 6.92 Å². The monoisotopic (exact) mass is 663 g/mol. The molecule has 9 nitrogen and oxygen atoms in total. The van der Waals surface area contributed by atoms with Crippen molar-refractivity contribution in [2.24, 2.45) is 35.5 Å². The highest BCUT2D eigenvalue weighted by Crippen LogP contribution is 2.41. The minimum atomic E-state index is -1.11. The number of ketones is 1. The van der Waals surface area contributed by atoms with Gasteiger partial charge in [0, 0.05) is 17.4 Å². The van der Waals surface area contributed by atoms with Crippen molar-refractivity contribution < 1.29 is 38.4 Å². The van der Waals surface area contributed by atoms with Crippen molar-refractivity contribution in [1.29, 1.82) is 0 Å². The molecule has 11 atom stereocenters. The molecule has 4 rings (SSSR count). The van der Waals surface area contributed by atoms with Gasteiger partial charge in [-0.05, 0) is 61.6 Å². The molecular formula is C39H53NO8. The molecule has 0 radical (unpaired) electrons. The summed E-state index contributed by atoms with van der Waals surface area (Å²) in [5.74, 6) is -2.16. The molecular weight excluding hydrogens is 610 g/mol. The second-order valence-electron chi connectivity index (χ2n) is 13.9. The van der Waals surface area contributed by atoms with Crippen LogP contribution in [0.2, 0.25) is 0 Å². The zero-order valence-corrected chi connectivity index (χ0v) is 29.4. The number of aliphatic hydroxyl groups excluding tert-OH is 1. The van der Waals surface area contributed by atoms with Crippen LogP contribution in [0.1, 0.15) is 71.8 Å². The Morgan fingerprint density at radius 2 is 1.62 bits per heavy atom. The molecule has 2 fully saturated rings. The lowest BCUT2D eigenvalue weighted by atomic mass is 9.76. The Morgan fingerprint density at radius 1 is 1.00 bits per heavy atom. The molecule has 48 heavy (non-hydrogen) atoms. The van der Waals surface area contributed by atoms with E-state index in [0.717, 1.165) is 28.2 Å². The Labute approximate surface area is 285 Å². The zero-order valence-electron chi connectivity index (χ0n) is 29.4. The lowest BCUT2D eigenvalue weighted by Gasteiger charge is -2.46. The second kappa shape index (κ2) is 16.7. The largest absolute Gasteiger partial charge is 0.497 e. The molecule has 2 aromatic carbocycles. The normalized spacial score (nSPS) is 26.5. The number of ether oxygens (including phenoxy) is 4. The van der Waals surface area contributed by atoms with Crippen molar-refractivity contribution in [3.8, 4) is 5.75 Å². The number of rotatable bonds is 15. The lowest BCUT2D eigenvalue weighted by Crippen LogP contribution is -2.48. The number of aliphatic hydroxyl groups is 1. The number of hydrogen-bond acceptors (Lipinski definition) is 8. The van der Waals surface area contributed by atoms with Crippen molar-refractivity contribution in [1.82, 2.24) is 4.90 Å². The minimum Gasteiger partial charge on any atom is -0.497 e. The number of benzene rings is 2. The van der Waals surface area contributed by atoms with Crippen LogP contribution in [0, 0.1) is 35.5 Å². The van der Waals surface area contributed by atoms with Crippen LogP contribution in [-0.2, 0) is 30.2 Å². The Balaban J connectivity index is 1.42. The third-order valence-corrected chi connectivity index (χ3v) is 10.2. The van der Waals surface area contributed by atoms with E-state index in [9.17, 15) is 19.5 Å². The number of methoxy groups -OCH3 is 1. The van der Waals surface area contributed by atoms with Gasteiger partial charge in [-0.1, -0.05) is 83.2 Å². The Hall–Kier alpha value is -3.53. The molecule has 2 saturated heterocycles. The molecule has 2 amide bonds. The first-order valence-electron chi connectivity index (χ1n) is 17.2. The fourth-order valence-corrected chi connectivity index (χ4v) is 7.38. The number of carbonyl (C=O) groups is 3. The summed E-state index contributed by atoms with van der Waals surface area (Å²) < 4.78 is 23.7. The van der Waals surface area contributed by atoms with E-state index < -0.39 is 48.1 Å². The van der Waals surface area contributed by atoms with Crippen LogP contribution >= 0.6 is 0 Å². The van der Waals surface area contributed by atoms with E-state index >= 15 is 0 Å². The average molecular weight is 664 g/mol. The van der Waals surface area contributed by atoms with Crippen LogP contribution in [-0.4, -0.2) is 65.9 Å². The number of hydrogen-bond donors (Lipinski definition) is 1. The van der Waals surface area contributed by atoms with Crippen LogP contribution in [0.25, 0.3) is 0 Å². The quantitative estimate of drug-likeness (QED) is 0.164. The predicted molar refractivity (Wildman–Crippen MR) is 183 cm³/mol. The third kappa shape index (κ3) is 8.54. The first kappa shape index (κ1) is 37.3. The number of allylic oxidation sites excluding steroid dienone is 1. The number of imide groups is 1. The fourth-order valence-electron chi connectivity index (χ4n) is 7.38. The second-order valence-corrected chi connectivity index (χ2v) is 13.9. The lowest BCUT2D eigenvalue weighted by molar-refractivity contribution is -0.290. The Morgan fingerprint density at radius 3 is 2.23 bits per heavy atom. The molecule has 2 heterocycles. The van der Waals surface area contributed by atoms with Crippen molar-refractivity contribution in [2.45, 2.75) is 91.4 Å². The number of cyclic esters (lactones) is 1. The van der Waals surface area contributed by atoms with Crippen LogP contribution < -0.4 is 4.74 Å². The van der Waals surface area contributed by atoms with Gasteiger partial charge in [0.15, 0.2) is 6.29 Å². The Kier molecular flexibility index (Phi) is 13.0. The van der Waals surface area contributed by atoms with Gasteiger partial charge in [0.25, 0.3) is 0 Å². The van der Waals surface area contributed by atoms with Gasteiger partial charge >= 0.3 is 6.09 Å². The summed E-state index contributed by atoms with van der Waals surface area (Å²) in [7, 11) is 1.63. The molecule has 0 saturated carbocycles. The third-order valence-electron chi connectivity index (χ3n) is 10.2. The highest BCUT2D eigenvalue weighted by atomic mass is 16.7. The summed E-state index contributed by atoms with van der Waals surface area (Å²) in [5, 5.41) is 11.4. The zero-order chi connectivity index (χ0) is 35.1. The average Bonchev–Trinajstić information content (AvgIpc) is 3.46. The number of Topliss-reactive ketones (excluding diaryl/α,β-unsaturated/α-hetero) is 1. The first-order valence-corrected chi connectivity index (χ1v) is 17.2. The van der Waals surface area contributed by atoms with E-state index in [2.05, 4.69) is 27.4 Å². The summed E-state index contributed by atoms with van der Waals surface area (Å²) in [4.78, 5) is 40.8. The van der Waals surface area contributed by atoms with E-state index in [1.54, 1.807) is 14.0 Å². The van der Waals surface area contributed by atoms with Crippen molar-refractivity contribution in [2.75, 3.05) is 13.7 Å².